The molecule has 1 aliphatic heterocycles. The van der Waals surface area contributed by atoms with E-state index in [0.29, 0.717) is 12.4 Å². The number of rotatable bonds is 2. The van der Waals surface area contributed by atoms with Crippen molar-refractivity contribution in [1.29, 1.82) is 0 Å². The lowest BCUT2D eigenvalue weighted by Gasteiger charge is -2.22. The van der Waals surface area contributed by atoms with Gasteiger partial charge in [-0.25, -0.2) is 9.78 Å². The number of nitrogens with two attached hydrogens (primary N) is 1. The Bertz CT molecular complexity index is 369. The zero-order valence-electron chi connectivity index (χ0n) is 9.17. The average Bonchev–Trinajstić information content (AvgIpc) is 2.62. The van der Waals surface area contributed by atoms with Crippen LogP contribution in [-0.4, -0.2) is 34.6 Å². The summed E-state index contributed by atoms with van der Waals surface area (Å²) in [6, 6.07) is 5.12. The van der Waals surface area contributed by atoms with Crippen molar-refractivity contribution in [1.82, 2.24) is 9.88 Å². The first-order chi connectivity index (χ1) is 7.68. The smallest absolute Gasteiger partial charge is 0.315 e. The average molecular weight is 221 g/mol. The Morgan fingerprint density at radius 2 is 2.44 bits per heavy atom. The molecule has 0 aromatic carbocycles. The number of likely N-dealkylation sites (tertiary alicyclic amines) is 1. The third kappa shape index (κ3) is 2.08. The van der Waals surface area contributed by atoms with Gasteiger partial charge in [-0.15, -0.1) is 0 Å². The highest BCUT2D eigenvalue weighted by molar-refractivity contribution is 5.72. The van der Waals surface area contributed by atoms with Crippen molar-refractivity contribution in [2.24, 2.45) is 5.73 Å². The summed E-state index contributed by atoms with van der Waals surface area (Å²) in [7, 11) is 0. The standard InChI is InChI=1S/C11H15N3O2/c1-8-9(5-7-14(8)11(12)15)16-10-4-2-3-6-13-10/h2-4,6,8-9H,5,7H2,1H3,(H2,12,15). The van der Waals surface area contributed by atoms with Crippen LogP contribution in [0, 0.1) is 0 Å². The largest absolute Gasteiger partial charge is 0.472 e. The van der Waals surface area contributed by atoms with Gasteiger partial charge in [-0.05, 0) is 13.0 Å². The van der Waals surface area contributed by atoms with E-state index in [4.69, 9.17) is 10.5 Å². The zero-order valence-corrected chi connectivity index (χ0v) is 9.17. The summed E-state index contributed by atoms with van der Waals surface area (Å²) in [5.41, 5.74) is 5.26. The number of nitrogens with zero attached hydrogens (tertiary/aromatic N) is 2. The molecule has 0 bridgehead atoms. The first-order valence-corrected chi connectivity index (χ1v) is 5.32. The minimum Gasteiger partial charge on any atom is -0.472 e. The predicted octanol–water partition coefficient (Wildman–Crippen LogP) is 1.00. The molecule has 2 unspecified atom stereocenters. The minimum atomic E-state index is -0.389. The van der Waals surface area contributed by atoms with Crippen molar-refractivity contribution in [3.8, 4) is 5.88 Å². The van der Waals surface area contributed by atoms with E-state index in [-0.39, 0.29) is 18.2 Å². The molecule has 0 spiro atoms. The summed E-state index contributed by atoms with van der Waals surface area (Å²) in [6.07, 6.45) is 2.45. The maximum absolute atomic E-state index is 11.1. The lowest BCUT2D eigenvalue weighted by atomic mass is 10.2. The van der Waals surface area contributed by atoms with Crippen LogP contribution < -0.4 is 10.5 Å². The molecule has 1 aliphatic rings. The molecule has 1 fully saturated rings. The van der Waals surface area contributed by atoms with Gasteiger partial charge >= 0.3 is 6.03 Å². The van der Waals surface area contributed by atoms with Crippen LogP contribution in [0.3, 0.4) is 0 Å². The van der Waals surface area contributed by atoms with Crippen molar-refractivity contribution in [2.75, 3.05) is 6.54 Å². The number of pyridine rings is 1. The molecule has 2 atom stereocenters. The van der Waals surface area contributed by atoms with Gasteiger partial charge in [0.15, 0.2) is 0 Å². The van der Waals surface area contributed by atoms with Crippen LogP contribution in [0.5, 0.6) is 5.88 Å². The second kappa shape index (κ2) is 4.38. The van der Waals surface area contributed by atoms with E-state index < -0.39 is 0 Å². The number of aromatic nitrogens is 1. The summed E-state index contributed by atoms with van der Waals surface area (Å²) in [4.78, 5) is 16.8. The van der Waals surface area contributed by atoms with Gasteiger partial charge in [-0.1, -0.05) is 6.07 Å². The Kier molecular flexibility index (Phi) is 2.94. The monoisotopic (exact) mass is 221 g/mol. The first-order valence-electron chi connectivity index (χ1n) is 5.32. The Balaban J connectivity index is 2.00. The highest BCUT2D eigenvalue weighted by Crippen LogP contribution is 2.21. The molecule has 0 saturated carbocycles. The molecule has 1 saturated heterocycles. The van der Waals surface area contributed by atoms with Crippen LogP contribution >= 0.6 is 0 Å². The number of urea groups is 1. The van der Waals surface area contributed by atoms with Gasteiger partial charge in [0.2, 0.25) is 5.88 Å². The summed E-state index contributed by atoms with van der Waals surface area (Å²) in [5.74, 6) is 0.589. The molecule has 5 nitrogen and oxygen atoms in total. The van der Waals surface area contributed by atoms with Crippen molar-refractivity contribution in [2.45, 2.75) is 25.5 Å². The first kappa shape index (κ1) is 10.7. The molecule has 86 valence electrons. The van der Waals surface area contributed by atoms with E-state index in [1.54, 1.807) is 17.2 Å². The van der Waals surface area contributed by atoms with Crippen LogP contribution in [-0.2, 0) is 0 Å². The normalized spacial score (nSPS) is 24.4. The molecule has 1 aromatic rings. The topological polar surface area (TPSA) is 68.4 Å². The third-order valence-corrected chi connectivity index (χ3v) is 2.88. The van der Waals surface area contributed by atoms with E-state index in [9.17, 15) is 4.79 Å². The minimum absolute atomic E-state index is 0.000457. The number of hydrogen-bond acceptors (Lipinski definition) is 3. The van der Waals surface area contributed by atoms with Crippen molar-refractivity contribution < 1.29 is 9.53 Å². The number of carbonyl (C=O) groups excluding carboxylic acids is 1. The summed E-state index contributed by atoms with van der Waals surface area (Å²) in [5, 5.41) is 0. The highest BCUT2D eigenvalue weighted by atomic mass is 16.5. The van der Waals surface area contributed by atoms with Gasteiger partial charge in [0.05, 0.1) is 6.04 Å². The van der Waals surface area contributed by atoms with Gasteiger partial charge in [0.1, 0.15) is 6.10 Å². The molecular weight excluding hydrogens is 206 g/mol. The highest BCUT2D eigenvalue weighted by Gasteiger charge is 2.34. The maximum Gasteiger partial charge on any atom is 0.315 e. The third-order valence-electron chi connectivity index (χ3n) is 2.88. The molecular formula is C11H15N3O2. The number of hydrogen-bond donors (Lipinski definition) is 1. The molecule has 2 N–H and O–H groups in total. The number of ether oxygens (including phenoxy) is 1. The van der Waals surface area contributed by atoms with Crippen LogP contribution in [0.25, 0.3) is 0 Å². The Labute approximate surface area is 94.2 Å². The molecule has 2 amide bonds. The Hall–Kier alpha value is -1.78. The zero-order chi connectivity index (χ0) is 11.5. The quantitative estimate of drug-likeness (QED) is 0.810. The fourth-order valence-corrected chi connectivity index (χ4v) is 1.95. The summed E-state index contributed by atoms with van der Waals surface area (Å²) < 4.78 is 5.71. The fraction of sp³-hybridized carbons (Fsp3) is 0.455. The van der Waals surface area contributed by atoms with Gasteiger partial charge < -0.3 is 15.4 Å². The molecule has 5 heteroatoms. The lowest BCUT2D eigenvalue weighted by Crippen LogP contribution is -2.42. The fourth-order valence-electron chi connectivity index (χ4n) is 1.95. The molecule has 1 aromatic heterocycles. The lowest BCUT2D eigenvalue weighted by molar-refractivity contribution is 0.148. The van der Waals surface area contributed by atoms with E-state index in [1.165, 1.54) is 0 Å². The van der Waals surface area contributed by atoms with E-state index in [2.05, 4.69) is 4.98 Å². The van der Waals surface area contributed by atoms with Gasteiger partial charge in [0, 0.05) is 25.2 Å². The number of primary amides is 1. The van der Waals surface area contributed by atoms with Crippen molar-refractivity contribution in [3.63, 3.8) is 0 Å². The number of amides is 2. The number of carbonyl (C=O) groups is 1. The molecule has 2 heterocycles. The molecule has 0 aliphatic carbocycles. The van der Waals surface area contributed by atoms with Crippen molar-refractivity contribution in [3.05, 3.63) is 24.4 Å². The van der Waals surface area contributed by atoms with Gasteiger partial charge in [-0.3, -0.25) is 0 Å². The van der Waals surface area contributed by atoms with Gasteiger partial charge in [0.25, 0.3) is 0 Å². The molecule has 16 heavy (non-hydrogen) atoms. The predicted molar refractivity (Wildman–Crippen MR) is 59.0 cm³/mol. The van der Waals surface area contributed by atoms with Gasteiger partial charge in [-0.2, -0.15) is 0 Å². The van der Waals surface area contributed by atoms with E-state index in [1.807, 2.05) is 19.1 Å². The van der Waals surface area contributed by atoms with Crippen LogP contribution in [0.15, 0.2) is 24.4 Å². The molecule has 0 radical (unpaired) electrons. The van der Waals surface area contributed by atoms with Crippen LogP contribution in [0.1, 0.15) is 13.3 Å². The van der Waals surface area contributed by atoms with Crippen LogP contribution in [0.2, 0.25) is 0 Å². The summed E-state index contributed by atoms with van der Waals surface area (Å²) in [6.45, 7) is 2.58. The van der Waals surface area contributed by atoms with Crippen LogP contribution in [0.4, 0.5) is 4.79 Å². The SMILES string of the molecule is CC1C(Oc2ccccn2)CCN1C(N)=O. The second-order valence-electron chi connectivity index (χ2n) is 3.89. The Morgan fingerprint density at radius 3 is 3.00 bits per heavy atom. The maximum atomic E-state index is 11.1. The van der Waals surface area contributed by atoms with Crippen molar-refractivity contribution >= 4 is 6.03 Å². The van der Waals surface area contributed by atoms with E-state index in [0.717, 1.165) is 6.42 Å². The molecule has 2 rings (SSSR count). The Morgan fingerprint density at radius 1 is 1.62 bits per heavy atom. The van der Waals surface area contributed by atoms with E-state index >= 15 is 0 Å². The summed E-state index contributed by atoms with van der Waals surface area (Å²) >= 11 is 0. The second-order valence-corrected chi connectivity index (χ2v) is 3.89.